The molecule has 0 radical (unpaired) electrons. The van der Waals surface area contributed by atoms with Gasteiger partial charge in [-0.05, 0) is 25.8 Å². The second-order valence-electron chi connectivity index (χ2n) is 3.78. The summed E-state index contributed by atoms with van der Waals surface area (Å²) >= 11 is 1.61. The molecule has 82 valence electrons. The summed E-state index contributed by atoms with van der Waals surface area (Å²) < 4.78 is 0. The van der Waals surface area contributed by atoms with E-state index in [0.717, 1.165) is 11.7 Å². The Kier molecular flexibility index (Phi) is 3.43. The van der Waals surface area contributed by atoms with E-state index in [1.807, 2.05) is 7.05 Å². The number of aromatic nitrogens is 2. The van der Waals surface area contributed by atoms with Crippen LogP contribution in [0.3, 0.4) is 0 Å². The maximum atomic E-state index is 11.0. The highest BCUT2D eigenvalue weighted by atomic mass is 32.2. The maximum Gasteiger partial charge on any atom is 0.251 e. The van der Waals surface area contributed by atoms with Crippen molar-refractivity contribution in [3.05, 3.63) is 22.6 Å². The van der Waals surface area contributed by atoms with Crippen LogP contribution in [-0.4, -0.2) is 28.8 Å². The van der Waals surface area contributed by atoms with Gasteiger partial charge in [-0.1, -0.05) is 11.8 Å². The summed E-state index contributed by atoms with van der Waals surface area (Å²) in [4.78, 5) is 17.8. The van der Waals surface area contributed by atoms with E-state index < -0.39 is 0 Å². The summed E-state index contributed by atoms with van der Waals surface area (Å²) in [5.74, 6) is 1.78. The predicted molar refractivity (Wildman–Crippen MR) is 61.2 cm³/mol. The van der Waals surface area contributed by atoms with Gasteiger partial charge in [-0.15, -0.1) is 0 Å². The van der Waals surface area contributed by atoms with Gasteiger partial charge in [0, 0.05) is 24.1 Å². The van der Waals surface area contributed by atoms with Crippen molar-refractivity contribution in [2.45, 2.75) is 24.0 Å². The average Bonchev–Trinajstić information content (AvgIpc) is 3.03. The second kappa shape index (κ2) is 4.81. The molecule has 1 fully saturated rings. The van der Waals surface area contributed by atoms with Crippen LogP contribution in [0, 0.1) is 5.92 Å². The second-order valence-corrected chi connectivity index (χ2v) is 4.79. The van der Waals surface area contributed by atoms with Gasteiger partial charge in [0.25, 0.3) is 5.56 Å². The van der Waals surface area contributed by atoms with Crippen LogP contribution in [0.15, 0.2) is 22.2 Å². The van der Waals surface area contributed by atoms with Crippen molar-refractivity contribution < 1.29 is 0 Å². The Morgan fingerprint density at radius 2 is 2.53 bits per heavy atom. The molecule has 1 heterocycles. The minimum atomic E-state index is -0.0834. The van der Waals surface area contributed by atoms with Gasteiger partial charge in [0.15, 0.2) is 5.16 Å². The normalized spacial score (nSPS) is 17.7. The van der Waals surface area contributed by atoms with E-state index in [2.05, 4.69) is 15.3 Å². The number of H-pyrrole nitrogens is 1. The standard InChI is InChI=1S/C10H15N3OS/c1-11-8(7-2-3-7)6-15-10-12-5-4-9(14)13-10/h4-5,7-8,11H,2-3,6H2,1H3,(H,12,13,14). The van der Waals surface area contributed by atoms with Gasteiger partial charge in [0.1, 0.15) is 0 Å². The van der Waals surface area contributed by atoms with Crippen LogP contribution in [0.4, 0.5) is 0 Å². The number of hydrogen-bond donors (Lipinski definition) is 2. The highest BCUT2D eigenvalue weighted by Gasteiger charge is 2.29. The number of nitrogens with one attached hydrogen (secondary N) is 2. The van der Waals surface area contributed by atoms with Crippen molar-refractivity contribution in [2.24, 2.45) is 5.92 Å². The molecule has 1 aliphatic carbocycles. The highest BCUT2D eigenvalue weighted by Crippen LogP contribution is 2.34. The van der Waals surface area contributed by atoms with Crippen LogP contribution >= 0.6 is 11.8 Å². The van der Waals surface area contributed by atoms with Crippen molar-refractivity contribution in [1.82, 2.24) is 15.3 Å². The summed E-state index contributed by atoms with van der Waals surface area (Å²) in [6.45, 7) is 0. The van der Waals surface area contributed by atoms with Crippen LogP contribution in [0.1, 0.15) is 12.8 Å². The molecule has 15 heavy (non-hydrogen) atoms. The van der Waals surface area contributed by atoms with Gasteiger partial charge in [0.05, 0.1) is 0 Å². The van der Waals surface area contributed by atoms with Gasteiger partial charge in [-0.3, -0.25) is 4.79 Å². The molecule has 5 heteroatoms. The number of rotatable bonds is 5. The van der Waals surface area contributed by atoms with E-state index in [-0.39, 0.29) is 5.56 Å². The molecule has 0 aliphatic heterocycles. The average molecular weight is 225 g/mol. The first kappa shape index (κ1) is 10.7. The third kappa shape index (κ3) is 3.07. The third-order valence-electron chi connectivity index (χ3n) is 2.61. The van der Waals surface area contributed by atoms with Crippen molar-refractivity contribution >= 4 is 11.8 Å². The van der Waals surface area contributed by atoms with E-state index in [1.54, 1.807) is 18.0 Å². The lowest BCUT2D eigenvalue weighted by molar-refractivity contribution is 0.553. The van der Waals surface area contributed by atoms with E-state index in [0.29, 0.717) is 11.2 Å². The van der Waals surface area contributed by atoms with Gasteiger partial charge in [0.2, 0.25) is 0 Å². The predicted octanol–water partition coefficient (Wildman–Crippen LogP) is 0.860. The number of aromatic amines is 1. The number of thioether (sulfide) groups is 1. The van der Waals surface area contributed by atoms with Gasteiger partial charge in [-0.2, -0.15) is 0 Å². The van der Waals surface area contributed by atoms with Gasteiger partial charge >= 0.3 is 0 Å². The lowest BCUT2D eigenvalue weighted by Crippen LogP contribution is -2.29. The van der Waals surface area contributed by atoms with E-state index in [9.17, 15) is 4.79 Å². The quantitative estimate of drug-likeness (QED) is 0.576. The topological polar surface area (TPSA) is 57.8 Å². The molecule has 2 rings (SSSR count). The molecule has 1 aromatic rings. The molecule has 0 amide bonds. The lowest BCUT2D eigenvalue weighted by atomic mass is 10.2. The molecule has 0 bridgehead atoms. The highest BCUT2D eigenvalue weighted by molar-refractivity contribution is 7.99. The first-order valence-corrected chi connectivity index (χ1v) is 6.13. The van der Waals surface area contributed by atoms with E-state index in [1.165, 1.54) is 18.9 Å². The molecule has 2 N–H and O–H groups in total. The Hall–Kier alpha value is -0.810. The number of nitrogens with zero attached hydrogens (tertiary/aromatic N) is 1. The Bertz CT molecular complexity index is 375. The first-order valence-electron chi connectivity index (χ1n) is 5.15. The van der Waals surface area contributed by atoms with Crippen LogP contribution in [0.5, 0.6) is 0 Å². The molecule has 1 atom stereocenters. The first-order chi connectivity index (χ1) is 7.29. The summed E-state index contributed by atoms with van der Waals surface area (Å²) in [5.41, 5.74) is -0.0834. The van der Waals surface area contributed by atoms with Crippen LogP contribution in [0.2, 0.25) is 0 Å². The molecular weight excluding hydrogens is 210 g/mol. The third-order valence-corrected chi connectivity index (χ3v) is 3.62. The molecule has 1 unspecified atom stereocenters. The minimum absolute atomic E-state index is 0.0834. The van der Waals surface area contributed by atoms with Crippen molar-refractivity contribution in [2.75, 3.05) is 12.8 Å². The smallest absolute Gasteiger partial charge is 0.251 e. The summed E-state index contributed by atoms with van der Waals surface area (Å²) in [6, 6.07) is 1.97. The molecule has 1 saturated carbocycles. The van der Waals surface area contributed by atoms with E-state index >= 15 is 0 Å². The molecule has 0 spiro atoms. The Morgan fingerprint density at radius 3 is 3.13 bits per heavy atom. The summed E-state index contributed by atoms with van der Waals surface area (Å²) in [7, 11) is 1.99. The Labute approximate surface area is 92.9 Å². The Morgan fingerprint density at radius 1 is 1.73 bits per heavy atom. The number of hydrogen-bond acceptors (Lipinski definition) is 4. The van der Waals surface area contributed by atoms with Gasteiger partial charge in [-0.25, -0.2) is 4.98 Å². The van der Waals surface area contributed by atoms with Crippen LogP contribution < -0.4 is 10.9 Å². The summed E-state index contributed by atoms with van der Waals surface area (Å²) in [6.07, 6.45) is 4.20. The van der Waals surface area contributed by atoms with E-state index in [4.69, 9.17) is 0 Å². The molecule has 1 aromatic heterocycles. The molecule has 0 aromatic carbocycles. The Balaban J connectivity index is 1.88. The molecule has 1 aliphatic rings. The molecular formula is C10H15N3OS. The maximum absolute atomic E-state index is 11.0. The zero-order valence-corrected chi connectivity index (χ0v) is 9.51. The lowest BCUT2D eigenvalue weighted by Gasteiger charge is -2.13. The fourth-order valence-corrected chi connectivity index (χ4v) is 2.63. The van der Waals surface area contributed by atoms with Gasteiger partial charge < -0.3 is 10.3 Å². The van der Waals surface area contributed by atoms with Crippen LogP contribution in [-0.2, 0) is 0 Å². The van der Waals surface area contributed by atoms with Crippen molar-refractivity contribution in [3.63, 3.8) is 0 Å². The zero-order valence-electron chi connectivity index (χ0n) is 8.69. The zero-order chi connectivity index (χ0) is 10.7. The minimum Gasteiger partial charge on any atom is -0.316 e. The molecule has 0 saturated heterocycles. The summed E-state index contributed by atoms with van der Waals surface area (Å²) in [5, 5.41) is 4.02. The SMILES string of the molecule is CNC(CSc1nccc(=O)[nH]1)C1CC1. The van der Waals surface area contributed by atoms with Crippen molar-refractivity contribution in [1.29, 1.82) is 0 Å². The fourth-order valence-electron chi connectivity index (χ4n) is 1.55. The van der Waals surface area contributed by atoms with Crippen LogP contribution in [0.25, 0.3) is 0 Å². The van der Waals surface area contributed by atoms with Crippen molar-refractivity contribution in [3.8, 4) is 0 Å². The largest absolute Gasteiger partial charge is 0.316 e. The molecule has 4 nitrogen and oxygen atoms in total. The monoisotopic (exact) mass is 225 g/mol. The fraction of sp³-hybridized carbons (Fsp3) is 0.600.